The zero-order valence-corrected chi connectivity index (χ0v) is 13.9. The van der Waals surface area contributed by atoms with Gasteiger partial charge < -0.3 is 0 Å². The first-order chi connectivity index (χ1) is 9.72. The average molecular weight is 303 g/mol. The van der Waals surface area contributed by atoms with Gasteiger partial charge in [0.1, 0.15) is 0 Å². The first-order valence-corrected chi connectivity index (χ1v) is 8.37. The Morgan fingerprint density at radius 1 is 0.762 bits per heavy atom. The predicted octanol–water partition coefficient (Wildman–Crippen LogP) is 4.03. The number of aryl methyl sites for hydroxylation is 5. The number of hydrogen-bond acceptors (Lipinski definition) is 2. The number of para-hydroxylation sites is 1. The van der Waals surface area contributed by atoms with E-state index in [-0.39, 0.29) is 0 Å². The molecule has 0 bridgehead atoms. The molecule has 1 N–H and O–H groups in total. The summed E-state index contributed by atoms with van der Waals surface area (Å²) in [6, 6.07) is 9.37. The number of rotatable bonds is 3. The number of hydrogen-bond donors (Lipinski definition) is 1. The van der Waals surface area contributed by atoms with Gasteiger partial charge in [0.05, 0.1) is 10.6 Å². The predicted molar refractivity (Wildman–Crippen MR) is 87.4 cm³/mol. The van der Waals surface area contributed by atoms with Gasteiger partial charge in [-0.05, 0) is 68.5 Å². The van der Waals surface area contributed by atoms with Crippen molar-refractivity contribution in [3.8, 4) is 0 Å². The highest BCUT2D eigenvalue weighted by Gasteiger charge is 2.19. The summed E-state index contributed by atoms with van der Waals surface area (Å²) in [6.45, 7) is 9.53. The molecule has 4 heteroatoms. The van der Waals surface area contributed by atoms with Crippen molar-refractivity contribution in [2.75, 3.05) is 4.72 Å². The fraction of sp³-hybridized carbons (Fsp3) is 0.294. The molecule has 0 aromatic heterocycles. The van der Waals surface area contributed by atoms with Crippen LogP contribution in [0.5, 0.6) is 0 Å². The molecule has 0 saturated carbocycles. The zero-order valence-electron chi connectivity index (χ0n) is 13.1. The molecule has 0 spiro atoms. The second kappa shape index (κ2) is 5.53. The molecule has 112 valence electrons. The highest BCUT2D eigenvalue weighted by atomic mass is 32.2. The van der Waals surface area contributed by atoms with Crippen LogP contribution in [0.3, 0.4) is 0 Å². The minimum absolute atomic E-state index is 0.341. The number of nitrogens with one attached hydrogen (secondary N) is 1. The van der Waals surface area contributed by atoms with Crippen LogP contribution in [0.15, 0.2) is 35.2 Å². The van der Waals surface area contributed by atoms with Crippen molar-refractivity contribution in [3.63, 3.8) is 0 Å². The third kappa shape index (κ3) is 3.10. The van der Waals surface area contributed by atoms with Crippen LogP contribution in [-0.4, -0.2) is 8.42 Å². The van der Waals surface area contributed by atoms with Gasteiger partial charge in [-0.25, -0.2) is 8.42 Å². The Balaban J connectivity index is 2.51. The van der Waals surface area contributed by atoms with Crippen molar-refractivity contribution < 1.29 is 8.42 Å². The monoisotopic (exact) mass is 303 g/mol. The summed E-state index contributed by atoms with van der Waals surface area (Å²) in [5.41, 5.74) is 5.33. The molecule has 0 aliphatic carbocycles. The molecule has 0 amide bonds. The van der Waals surface area contributed by atoms with E-state index in [2.05, 4.69) is 4.72 Å². The van der Waals surface area contributed by atoms with Gasteiger partial charge in [0.15, 0.2) is 0 Å². The maximum Gasteiger partial charge on any atom is 0.262 e. The summed E-state index contributed by atoms with van der Waals surface area (Å²) in [7, 11) is -3.58. The Labute approximate surface area is 127 Å². The quantitative estimate of drug-likeness (QED) is 0.930. The van der Waals surface area contributed by atoms with Gasteiger partial charge in [0.25, 0.3) is 10.0 Å². The molecule has 0 radical (unpaired) electrons. The summed E-state index contributed by atoms with van der Waals surface area (Å²) in [4.78, 5) is 0.341. The molecule has 0 unspecified atom stereocenters. The van der Waals surface area contributed by atoms with E-state index >= 15 is 0 Å². The van der Waals surface area contributed by atoms with Crippen molar-refractivity contribution >= 4 is 15.7 Å². The SMILES string of the molecule is Cc1cc(C)c(S(=O)(=O)Nc2c(C)cccc2C)cc1C. The minimum Gasteiger partial charge on any atom is -0.279 e. The summed E-state index contributed by atoms with van der Waals surface area (Å²) < 4.78 is 28.1. The number of sulfonamides is 1. The normalized spacial score (nSPS) is 11.5. The summed E-state index contributed by atoms with van der Waals surface area (Å²) in [5, 5.41) is 0. The van der Waals surface area contributed by atoms with Crippen molar-refractivity contribution in [2.45, 2.75) is 39.5 Å². The highest BCUT2D eigenvalue weighted by Crippen LogP contribution is 2.26. The van der Waals surface area contributed by atoms with Crippen LogP contribution < -0.4 is 4.72 Å². The van der Waals surface area contributed by atoms with Crippen molar-refractivity contribution in [1.29, 1.82) is 0 Å². The van der Waals surface area contributed by atoms with Crippen molar-refractivity contribution in [1.82, 2.24) is 0 Å². The summed E-state index contributed by atoms with van der Waals surface area (Å²) in [5.74, 6) is 0. The van der Waals surface area contributed by atoms with E-state index < -0.39 is 10.0 Å². The molecule has 3 nitrogen and oxygen atoms in total. The zero-order chi connectivity index (χ0) is 15.8. The van der Waals surface area contributed by atoms with Gasteiger partial charge in [-0.3, -0.25) is 4.72 Å². The van der Waals surface area contributed by atoms with Crippen molar-refractivity contribution in [3.05, 3.63) is 58.1 Å². The first-order valence-electron chi connectivity index (χ1n) is 6.89. The van der Waals surface area contributed by atoms with E-state index in [1.807, 2.05) is 58.9 Å². The number of anilines is 1. The fourth-order valence-corrected chi connectivity index (χ4v) is 3.90. The molecular formula is C17H21NO2S. The van der Waals surface area contributed by atoms with E-state index in [1.165, 1.54) is 0 Å². The Morgan fingerprint density at radius 3 is 1.86 bits per heavy atom. The van der Waals surface area contributed by atoms with Crippen LogP contribution in [0.25, 0.3) is 0 Å². The standard InChI is InChI=1S/C17H21NO2S/c1-11-7-6-8-12(2)17(11)18-21(19,20)16-10-14(4)13(3)9-15(16)5/h6-10,18H,1-5H3. The fourth-order valence-electron chi connectivity index (χ4n) is 2.39. The first kappa shape index (κ1) is 15.6. The topological polar surface area (TPSA) is 46.2 Å². The third-order valence-electron chi connectivity index (χ3n) is 3.80. The molecule has 0 heterocycles. The van der Waals surface area contributed by atoms with Gasteiger partial charge in [-0.1, -0.05) is 24.3 Å². The second-order valence-electron chi connectivity index (χ2n) is 5.57. The van der Waals surface area contributed by atoms with Gasteiger partial charge in [0.2, 0.25) is 0 Å². The van der Waals surface area contributed by atoms with Crippen LogP contribution in [-0.2, 0) is 10.0 Å². The van der Waals surface area contributed by atoms with Gasteiger partial charge in [-0.2, -0.15) is 0 Å². The lowest BCUT2D eigenvalue weighted by molar-refractivity contribution is 0.600. The highest BCUT2D eigenvalue weighted by molar-refractivity contribution is 7.92. The van der Waals surface area contributed by atoms with Gasteiger partial charge >= 0.3 is 0 Å². The molecule has 2 aromatic rings. The van der Waals surface area contributed by atoms with E-state index in [0.29, 0.717) is 10.6 Å². The van der Waals surface area contributed by atoms with Crippen LogP contribution in [0.4, 0.5) is 5.69 Å². The summed E-state index contributed by atoms with van der Waals surface area (Å²) >= 11 is 0. The largest absolute Gasteiger partial charge is 0.279 e. The number of benzene rings is 2. The van der Waals surface area contributed by atoms with E-state index in [1.54, 1.807) is 6.07 Å². The Kier molecular flexibility index (Phi) is 4.10. The smallest absolute Gasteiger partial charge is 0.262 e. The van der Waals surface area contributed by atoms with Gasteiger partial charge in [0, 0.05) is 0 Å². The maximum atomic E-state index is 12.7. The molecule has 0 aliphatic rings. The molecule has 2 aromatic carbocycles. The maximum absolute atomic E-state index is 12.7. The molecule has 0 aliphatic heterocycles. The van der Waals surface area contributed by atoms with E-state index in [9.17, 15) is 8.42 Å². The summed E-state index contributed by atoms with van der Waals surface area (Å²) in [6.07, 6.45) is 0. The molecule has 0 saturated heterocycles. The van der Waals surface area contributed by atoms with E-state index in [4.69, 9.17) is 0 Å². The lowest BCUT2D eigenvalue weighted by Gasteiger charge is -2.15. The van der Waals surface area contributed by atoms with E-state index in [0.717, 1.165) is 27.8 Å². The Bertz CT molecular complexity index is 772. The van der Waals surface area contributed by atoms with Crippen LogP contribution in [0, 0.1) is 34.6 Å². The average Bonchev–Trinajstić information content (AvgIpc) is 2.38. The van der Waals surface area contributed by atoms with Crippen molar-refractivity contribution in [2.24, 2.45) is 0 Å². The second-order valence-corrected chi connectivity index (χ2v) is 7.23. The molecule has 21 heavy (non-hydrogen) atoms. The molecule has 2 rings (SSSR count). The lowest BCUT2D eigenvalue weighted by atomic mass is 10.1. The Hall–Kier alpha value is -1.81. The minimum atomic E-state index is -3.58. The molecule has 0 fully saturated rings. The Morgan fingerprint density at radius 2 is 1.29 bits per heavy atom. The molecular weight excluding hydrogens is 282 g/mol. The lowest BCUT2D eigenvalue weighted by Crippen LogP contribution is -2.16. The van der Waals surface area contributed by atoms with Crippen LogP contribution >= 0.6 is 0 Å². The van der Waals surface area contributed by atoms with Crippen LogP contribution in [0.1, 0.15) is 27.8 Å². The molecule has 0 atom stereocenters. The van der Waals surface area contributed by atoms with Crippen LogP contribution in [0.2, 0.25) is 0 Å². The third-order valence-corrected chi connectivity index (χ3v) is 5.29. The van der Waals surface area contributed by atoms with Gasteiger partial charge in [-0.15, -0.1) is 0 Å².